The fourth-order valence-electron chi connectivity index (χ4n) is 2.72. The average Bonchev–Trinajstić information content (AvgIpc) is 2.71. The van der Waals surface area contributed by atoms with Gasteiger partial charge in [-0.3, -0.25) is 4.79 Å². The SMILES string of the molecule is CC(C)(C)c1ccc(C(=O)N2CCCN(S(C)(=O)=O)CC2)cc1. The van der Waals surface area contributed by atoms with Gasteiger partial charge in [-0.15, -0.1) is 0 Å². The normalized spacial score (nSPS) is 17.8. The van der Waals surface area contributed by atoms with Gasteiger partial charge in [0.1, 0.15) is 0 Å². The van der Waals surface area contributed by atoms with Crippen LogP contribution < -0.4 is 0 Å². The van der Waals surface area contributed by atoms with E-state index in [2.05, 4.69) is 20.8 Å². The number of carbonyl (C=O) groups is 1. The van der Waals surface area contributed by atoms with Crippen molar-refractivity contribution in [3.63, 3.8) is 0 Å². The largest absolute Gasteiger partial charge is 0.337 e. The van der Waals surface area contributed by atoms with Crippen LogP contribution in [0, 0.1) is 0 Å². The van der Waals surface area contributed by atoms with Crippen LogP contribution in [-0.4, -0.2) is 56.0 Å². The van der Waals surface area contributed by atoms with Gasteiger partial charge in [0, 0.05) is 31.7 Å². The highest BCUT2D eigenvalue weighted by atomic mass is 32.2. The average molecular weight is 338 g/mol. The van der Waals surface area contributed by atoms with Crippen LogP contribution in [0.4, 0.5) is 0 Å². The molecule has 1 heterocycles. The number of carbonyl (C=O) groups excluding carboxylic acids is 1. The second-order valence-electron chi connectivity index (χ2n) is 7.14. The third-order valence-electron chi connectivity index (χ3n) is 4.21. The van der Waals surface area contributed by atoms with Crippen LogP contribution >= 0.6 is 0 Å². The summed E-state index contributed by atoms with van der Waals surface area (Å²) >= 11 is 0. The molecule has 1 fully saturated rings. The van der Waals surface area contributed by atoms with Crippen LogP contribution in [0.5, 0.6) is 0 Å². The van der Waals surface area contributed by atoms with Gasteiger partial charge in [0.15, 0.2) is 0 Å². The summed E-state index contributed by atoms with van der Waals surface area (Å²) in [5, 5.41) is 0. The lowest BCUT2D eigenvalue weighted by molar-refractivity contribution is 0.0764. The molecule has 0 saturated carbocycles. The molecule has 0 radical (unpaired) electrons. The summed E-state index contributed by atoms with van der Waals surface area (Å²) in [6.07, 6.45) is 1.88. The van der Waals surface area contributed by atoms with E-state index >= 15 is 0 Å². The molecule has 0 atom stereocenters. The maximum atomic E-state index is 12.6. The lowest BCUT2D eigenvalue weighted by Gasteiger charge is -2.22. The number of nitrogens with zero attached hydrogens (tertiary/aromatic N) is 2. The molecule has 1 aliphatic heterocycles. The predicted molar refractivity (Wildman–Crippen MR) is 92.1 cm³/mol. The zero-order valence-electron chi connectivity index (χ0n) is 14.4. The van der Waals surface area contributed by atoms with E-state index in [1.54, 1.807) is 4.90 Å². The standard InChI is InChI=1S/C17H26N2O3S/c1-17(2,3)15-8-6-14(7-9-15)16(20)18-10-5-11-19(13-12-18)23(4,21)22/h6-9H,5,10-13H2,1-4H3. The van der Waals surface area contributed by atoms with Crippen molar-refractivity contribution in [1.82, 2.24) is 9.21 Å². The summed E-state index contributed by atoms with van der Waals surface area (Å²) in [5.74, 6) is -0.0270. The van der Waals surface area contributed by atoms with E-state index in [9.17, 15) is 13.2 Å². The number of hydrogen-bond donors (Lipinski definition) is 0. The predicted octanol–water partition coefficient (Wildman–Crippen LogP) is 2.09. The Bertz CT molecular complexity index is 660. The molecule has 0 unspecified atom stereocenters. The zero-order valence-corrected chi connectivity index (χ0v) is 15.2. The van der Waals surface area contributed by atoms with Crippen molar-refractivity contribution in [1.29, 1.82) is 0 Å². The van der Waals surface area contributed by atoms with Crippen LogP contribution in [0.15, 0.2) is 24.3 Å². The molecular formula is C17H26N2O3S. The third-order valence-corrected chi connectivity index (χ3v) is 5.51. The van der Waals surface area contributed by atoms with E-state index in [0.29, 0.717) is 38.2 Å². The molecule has 1 aromatic rings. The highest BCUT2D eigenvalue weighted by Crippen LogP contribution is 2.22. The molecule has 1 aliphatic rings. The summed E-state index contributed by atoms with van der Waals surface area (Å²) in [6, 6.07) is 7.71. The summed E-state index contributed by atoms with van der Waals surface area (Å²) in [6.45, 7) is 8.28. The maximum absolute atomic E-state index is 12.6. The Morgan fingerprint density at radius 1 is 1.00 bits per heavy atom. The Morgan fingerprint density at radius 3 is 2.13 bits per heavy atom. The maximum Gasteiger partial charge on any atom is 0.253 e. The highest BCUT2D eigenvalue weighted by Gasteiger charge is 2.24. The molecule has 0 bridgehead atoms. The van der Waals surface area contributed by atoms with Gasteiger partial charge in [0.2, 0.25) is 10.0 Å². The first-order valence-corrected chi connectivity index (χ1v) is 9.79. The first kappa shape index (κ1) is 17.9. The Kier molecular flexibility index (Phi) is 5.16. The summed E-state index contributed by atoms with van der Waals surface area (Å²) < 4.78 is 24.7. The Hall–Kier alpha value is -1.40. The number of benzene rings is 1. The fraction of sp³-hybridized carbons (Fsp3) is 0.588. The minimum atomic E-state index is -3.19. The Labute approximate surface area is 139 Å². The van der Waals surface area contributed by atoms with Crippen LogP contribution in [0.2, 0.25) is 0 Å². The van der Waals surface area contributed by atoms with E-state index in [4.69, 9.17) is 0 Å². The molecular weight excluding hydrogens is 312 g/mol. The molecule has 23 heavy (non-hydrogen) atoms. The van der Waals surface area contributed by atoms with Gasteiger partial charge >= 0.3 is 0 Å². The minimum absolute atomic E-state index is 0.0270. The molecule has 1 aromatic carbocycles. The van der Waals surface area contributed by atoms with Gasteiger partial charge in [-0.2, -0.15) is 0 Å². The molecule has 6 heteroatoms. The lowest BCUT2D eigenvalue weighted by atomic mass is 9.86. The lowest BCUT2D eigenvalue weighted by Crippen LogP contribution is -2.36. The van der Waals surface area contributed by atoms with Crippen molar-refractivity contribution in [2.45, 2.75) is 32.6 Å². The molecule has 1 amide bonds. The van der Waals surface area contributed by atoms with E-state index in [1.165, 1.54) is 16.1 Å². The van der Waals surface area contributed by atoms with Gasteiger partial charge in [-0.25, -0.2) is 12.7 Å². The molecule has 5 nitrogen and oxygen atoms in total. The molecule has 0 aromatic heterocycles. The van der Waals surface area contributed by atoms with Crippen LogP contribution in [0.25, 0.3) is 0 Å². The van der Waals surface area contributed by atoms with E-state index in [1.807, 2.05) is 24.3 Å². The van der Waals surface area contributed by atoms with E-state index in [0.717, 1.165) is 0 Å². The van der Waals surface area contributed by atoms with Crippen LogP contribution in [0.3, 0.4) is 0 Å². The van der Waals surface area contributed by atoms with Crippen molar-refractivity contribution in [3.05, 3.63) is 35.4 Å². The van der Waals surface area contributed by atoms with Crippen molar-refractivity contribution in [3.8, 4) is 0 Å². The van der Waals surface area contributed by atoms with Gasteiger partial charge in [0.05, 0.1) is 6.26 Å². The third kappa shape index (κ3) is 4.54. The molecule has 0 spiro atoms. The topological polar surface area (TPSA) is 57.7 Å². The second-order valence-corrected chi connectivity index (χ2v) is 9.12. The van der Waals surface area contributed by atoms with Gasteiger partial charge in [-0.1, -0.05) is 32.9 Å². The quantitative estimate of drug-likeness (QED) is 0.830. The smallest absolute Gasteiger partial charge is 0.253 e. The fourth-order valence-corrected chi connectivity index (χ4v) is 3.60. The Balaban J connectivity index is 2.09. The van der Waals surface area contributed by atoms with Crippen LogP contribution in [0.1, 0.15) is 43.1 Å². The Morgan fingerprint density at radius 2 is 1.61 bits per heavy atom. The second kappa shape index (κ2) is 6.61. The molecule has 128 valence electrons. The van der Waals surface area contributed by atoms with Crippen LogP contribution in [-0.2, 0) is 15.4 Å². The molecule has 2 rings (SSSR count). The first-order valence-electron chi connectivity index (χ1n) is 7.94. The van der Waals surface area contributed by atoms with E-state index < -0.39 is 10.0 Å². The van der Waals surface area contributed by atoms with Gasteiger partial charge < -0.3 is 4.90 Å². The van der Waals surface area contributed by atoms with Crippen molar-refractivity contribution >= 4 is 15.9 Å². The van der Waals surface area contributed by atoms with E-state index in [-0.39, 0.29) is 11.3 Å². The number of amides is 1. The number of rotatable bonds is 2. The summed E-state index contributed by atoms with van der Waals surface area (Å²) in [5.41, 5.74) is 1.90. The van der Waals surface area contributed by atoms with Crippen molar-refractivity contribution in [2.75, 3.05) is 32.4 Å². The molecule has 0 N–H and O–H groups in total. The number of hydrogen-bond acceptors (Lipinski definition) is 3. The minimum Gasteiger partial charge on any atom is -0.337 e. The van der Waals surface area contributed by atoms with Crippen molar-refractivity contribution in [2.24, 2.45) is 0 Å². The summed E-state index contributed by atoms with van der Waals surface area (Å²) in [4.78, 5) is 14.4. The summed E-state index contributed by atoms with van der Waals surface area (Å²) in [7, 11) is -3.19. The molecule has 1 saturated heterocycles. The van der Waals surface area contributed by atoms with Crippen molar-refractivity contribution < 1.29 is 13.2 Å². The van der Waals surface area contributed by atoms with Gasteiger partial charge in [0.25, 0.3) is 5.91 Å². The van der Waals surface area contributed by atoms with Gasteiger partial charge in [-0.05, 0) is 29.5 Å². The molecule has 0 aliphatic carbocycles. The highest BCUT2D eigenvalue weighted by molar-refractivity contribution is 7.88. The zero-order chi connectivity index (χ0) is 17.3. The number of sulfonamides is 1. The first-order chi connectivity index (χ1) is 10.6. The monoisotopic (exact) mass is 338 g/mol.